The monoisotopic (exact) mass is 198 g/mol. The fraction of sp³-hybridized carbons (Fsp3) is 0.833. The zero-order chi connectivity index (χ0) is 10.8. The van der Waals surface area contributed by atoms with Crippen LogP contribution in [0.2, 0.25) is 0 Å². The predicted molar refractivity (Wildman–Crippen MR) is 58.1 cm³/mol. The lowest BCUT2D eigenvalue weighted by atomic mass is 9.78. The summed E-state index contributed by atoms with van der Waals surface area (Å²) >= 11 is 0. The lowest BCUT2D eigenvalue weighted by Gasteiger charge is -2.36. The van der Waals surface area contributed by atoms with E-state index in [1.807, 2.05) is 6.92 Å². The van der Waals surface area contributed by atoms with Crippen LogP contribution >= 0.6 is 0 Å². The molecule has 0 aliphatic heterocycles. The van der Waals surface area contributed by atoms with E-state index in [0.717, 1.165) is 6.42 Å². The molecule has 0 atom stereocenters. The zero-order valence-corrected chi connectivity index (χ0v) is 10.0. The van der Waals surface area contributed by atoms with E-state index in [1.54, 1.807) is 14.2 Å². The summed E-state index contributed by atoms with van der Waals surface area (Å²) in [4.78, 5) is 0. The van der Waals surface area contributed by atoms with E-state index >= 15 is 0 Å². The molecule has 0 amide bonds. The summed E-state index contributed by atoms with van der Waals surface area (Å²) in [5.74, 6) is -0.530. The van der Waals surface area contributed by atoms with Gasteiger partial charge >= 0.3 is 0 Å². The minimum absolute atomic E-state index is 0.284. The number of ether oxygens (including phenoxy) is 2. The van der Waals surface area contributed by atoms with Gasteiger partial charge in [-0.2, -0.15) is 0 Å². The molecule has 0 aromatic rings. The maximum Gasteiger partial charge on any atom is 0.187 e. The number of hydrogen-bond acceptors (Lipinski definition) is 2. The van der Waals surface area contributed by atoms with Crippen LogP contribution < -0.4 is 0 Å². The first-order chi connectivity index (χ1) is 6.43. The highest BCUT2D eigenvalue weighted by Gasteiger charge is 2.32. The van der Waals surface area contributed by atoms with Crippen LogP contribution in [0.3, 0.4) is 0 Å². The number of allylic oxidation sites excluding steroid dienone is 1. The first kappa shape index (κ1) is 11.7. The molecule has 82 valence electrons. The van der Waals surface area contributed by atoms with Gasteiger partial charge in [0.15, 0.2) is 5.79 Å². The zero-order valence-electron chi connectivity index (χ0n) is 10.0. The third kappa shape index (κ3) is 2.37. The van der Waals surface area contributed by atoms with Crippen LogP contribution in [0, 0.1) is 5.41 Å². The van der Waals surface area contributed by atoms with Gasteiger partial charge in [-0.05, 0) is 37.2 Å². The van der Waals surface area contributed by atoms with Crippen molar-refractivity contribution in [3.8, 4) is 0 Å². The van der Waals surface area contributed by atoms with Crippen molar-refractivity contribution in [3.05, 3.63) is 11.6 Å². The maximum atomic E-state index is 5.43. The van der Waals surface area contributed by atoms with Gasteiger partial charge in [-0.3, -0.25) is 0 Å². The second kappa shape index (κ2) is 4.03. The molecule has 0 N–H and O–H groups in total. The molecule has 1 aliphatic rings. The standard InChI is InChI=1S/C12H22O2/c1-11(2)8-6-7-10(9-11)12(3,13-4)14-5/h9H,6-8H2,1-5H3. The molecule has 0 saturated heterocycles. The molecule has 14 heavy (non-hydrogen) atoms. The molecule has 1 rings (SSSR count). The van der Waals surface area contributed by atoms with Crippen molar-refractivity contribution in [2.75, 3.05) is 14.2 Å². The normalized spacial score (nSPS) is 21.9. The summed E-state index contributed by atoms with van der Waals surface area (Å²) in [6.07, 6.45) is 5.87. The van der Waals surface area contributed by atoms with Gasteiger partial charge in [-0.25, -0.2) is 0 Å². The maximum absolute atomic E-state index is 5.43. The Bertz CT molecular complexity index is 224. The average molecular weight is 198 g/mol. The number of rotatable bonds is 3. The van der Waals surface area contributed by atoms with E-state index in [-0.39, 0.29) is 5.41 Å². The molecular formula is C12H22O2. The molecule has 0 heterocycles. The Kier molecular flexibility index (Phi) is 3.38. The van der Waals surface area contributed by atoms with Crippen LogP contribution in [0.15, 0.2) is 11.6 Å². The number of methoxy groups -OCH3 is 2. The van der Waals surface area contributed by atoms with Gasteiger partial charge in [0.2, 0.25) is 0 Å². The van der Waals surface area contributed by atoms with Gasteiger partial charge in [-0.15, -0.1) is 0 Å². The lowest BCUT2D eigenvalue weighted by Crippen LogP contribution is -2.34. The van der Waals surface area contributed by atoms with Crippen molar-refractivity contribution in [2.24, 2.45) is 5.41 Å². The van der Waals surface area contributed by atoms with E-state index in [2.05, 4.69) is 19.9 Å². The quantitative estimate of drug-likeness (QED) is 0.512. The molecule has 0 aromatic carbocycles. The van der Waals surface area contributed by atoms with E-state index in [1.165, 1.54) is 18.4 Å². The summed E-state index contributed by atoms with van der Waals surface area (Å²) in [7, 11) is 3.40. The largest absolute Gasteiger partial charge is 0.350 e. The molecule has 2 nitrogen and oxygen atoms in total. The van der Waals surface area contributed by atoms with Crippen molar-refractivity contribution in [2.45, 2.75) is 45.8 Å². The molecule has 0 unspecified atom stereocenters. The Morgan fingerprint density at radius 2 is 1.86 bits per heavy atom. The van der Waals surface area contributed by atoms with E-state index in [9.17, 15) is 0 Å². The highest BCUT2D eigenvalue weighted by atomic mass is 16.7. The predicted octanol–water partition coefficient (Wildman–Crippen LogP) is 3.13. The third-order valence-corrected chi connectivity index (χ3v) is 3.19. The average Bonchev–Trinajstić information content (AvgIpc) is 2.15. The van der Waals surface area contributed by atoms with Crippen LogP contribution in [0.25, 0.3) is 0 Å². The molecule has 0 aromatic heterocycles. The van der Waals surface area contributed by atoms with Crippen LogP contribution in [0.1, 0.15) is 40.0 Å². The second-order valence-corrected chi connectivity index (χ2v) is 4.87. The van der Waals surface area contributed by atoms with Gasteiger partial charge in [0.25, 0.3) is 0 Å². The van der Waals surface area contributed by atoms with Crippen molar-refractivity contribution in [1.82, 2.24) is 0 Å². The van der Waals surface area contributed by atoms with E-state index in [4.69, 9.17) is 9.47 Å². The van der Waals surface area contributed by atoms with Crippen molar-refractivity contribution in [1.29, 1.82) is 0 Å². The van der Waals surface area contributed by atoms with Crippen LogP contribution in [-0.2, 0) is 9.47 Å². The summed E-state index contributed by atoms with van der Waals surface area (Å²) in [5.41, 5.74) is 1.56. The summed E-state index contributed by atoms with van der Waals surface area (Å²) in [6.45, 7) is 6.51. The van der Waals surface area contributed by atoms with Crippen molar-refractivity contribution < 1.29 is 9.47 Å². The van der Waals surface area contributed by atoms with Gasteiger partial charge in [-0.1, -0.05) is 19.9 Å². The number of hydrogen-bond donors (Lipinski definition) is 0. The van der Waals surface area contributed by atoms with Crippen molar-refractivity contribution >= 4 is 0 Å². The molecule has 0 radical (unpaired) electrons. The SMILES string of the molecule is COC(C)(OC)C1=CC(C)(C)CCC1. The topological polar surface area (TPSA) is 18.5 Å². The lowest BCUT2D eigenvalue weighted by molar-refractivity contribution is -0.167. The highest BCUT2D eigenvalue weighted by Crippen LogP contribution is 2.38. The third-order valence-electron chi connectivity index (χ3n) is 3.19. The van der Waals surface area contributed by atoms with Gasteiger partial charge in [0.1, 0.15) is 0 Å². The second-order valence-electron chi connectivity index (χ2n) is 4.87. The Hall–Kier alpha value is -0.340. The van der Waals surface area contributed by atoms with Crippen LogP contribution in [0.4, 0.5) is 0 Å². The van der Waals surface area contributed by atoms with E-state index in [0.29, 0.717) is 0 Å². The molecule has 0 bridgehead atoms. The fourth-order valence-electron chi connectivity index (χ4n) is 2.05. The van der Waals surface area contributed by atoms with Crippen LogP contribution in [-0.4, -0.2) is 20.0 Å². The minimum atomic E-state index is -0.530. The molecule has 1 aliphatic carbocycles. The molecule has 0 saturated carbocycles. The smallest absolute Gasteiger partial charge is 0.187 e. The first-order valence-corrected chi connectivity index (χ1v) is 5.26. The summed E-state index contributed by atoms with van der Waals surface area (Å²) in [6, 6.07) is 0. The van der Waals surface area contributed by atoms with Crippen molar-refractivity contribution in [3.63, 3.8) is 0 Å². The van der Waals surface area contributed by atoms with Gasteiger partial charge in [0, 0.05) is 14.2 Å². The first-order valence-electron chi connectivity index (χ1n) is 5.26. The Labute approximate surface area is 87.3 Å². The minimum Gasteiger partial charge on any atom is -0.350 e. The Morgan fingerprint density at radius 1 is 1.29 bits per heavy atom. The molecule has 0 spiro atoms. The van der Waals surface area contributed by atoms with E-state index < -0.39 is 5.79 Å². The van der Waals surface area contributed by atoms with Gasteiger partial charge < -0.3 is 9.47 Å². The molecule has 0 fully saturated rings. The molecule has 2 heteroatoms. The summed E-state index contributed by atoms with van der Waals surface area (Å²) < 4.78 is 10.9. The Morgan fingerprint density at radius 3 is 2.29 bits per heavy atom. The van der Waals surface area contributed by atoms with Gasteiger partial charge in [0.05, 0.1) is 0 Å². The molecular weight excluding hydrogens is 176 g/mol. The van der Waals surface area contributed by atoms with Crippen LogP contribution in [0.5, 0.6) is 0 Å². The Balaban J connectivity index is 2.91. The summed E-state index contributed by atoms with van der Waals surface area (Å²) in [5, 5.41) is 0. The fourth-order valence-corrected chi connectivity index (χ4v) is 2.05. The highest BCUT2D eigenvalue weighted by molar-refractivity contribution is 5.18.